The smallest absolute Gasteiger partial charge is 0.135 e. The van der Waals surface area contributed by atoms with E-state index >= 15 is 0 Å². The molecule has 5 heteroatoms. The molecule has 0 radical (unpaired) electrons. The summed E-state index contributed by atoms with van der Waals surface area (Å²) in [6.45, 7) is 7.04. The van der Waals surface area contributed by atoms with Crippen LogP contribution in [-0.4, -0.2) is 17.0 Å². The fourth-order valence-corrected chi connectivity index (χ4v) is 2.44. The van der Waals surface area contributed by atoms with Gasteiger partial charge in [0.05, 0.1) is 6.54 Å². The fourth-order valence-electron chi connectivity index (χ4n) is 1.79. The van der Waals surface area contributed by atoms with E-state index in [-0.39, 0.29) is 0 Å². The highest BCUT2D eigenvalue weighted by molar-refractivity contribution is 7.09. The van der Waals surface area contributed by atoms with Gasteiger partial charge in [0.15, 0.2) is 0 Å². The number of nitrogens with one attached hydrogen (secondary N) is 2. The summed E-state index contributed by atoms with van der Waals surface area (Å²) in [5, 5.41) is 8.63. The number of hydrogen-bond acceptors (Lipinski definition) is 5. The number of aromatic nitrogens is 2. The van der Waals surface area contributed by atoms with Gasteiger partial charge in [-0.1, -0.05) is 19.9 Å². The van der Waals surface area contributed by atoms with Crippen molar-refractivity contribution < 1.29 is 0 Å². The summed E-state index contributed by atoms with van der Waals surface area (Å²) >= 11 is 1.75. The van der Waals surface area contributed by atoms with Crippen LogP contribution in [0.5, 0.6) is 0 Å². The molecular formula is C14H20N4S. The molecule has 0 aliphatic rings. The molecule has 0 atom stereocenters. The van der Waals surface area contributed by atoms with Gasteiger partial charge in [0.2, 0.25) is 0 Å². The van der Waals surface area contributed by atoms with Crippen molar-refractivity contribution in [1.29, 1.82) is 0 Å². The lowest BCUT2D eigenvalue weighted by atomic mass is 10.2. The van der Waals surface area contributed by atoms with Crippen LogP contribution in [0, 0.1) is 6.92 Å². The van der Waals surface area contributed by atoms with Crippen molar-refractivity contribution >= 4 is 23.0 Å². The van der Waals surface area contributed by atoms with Crippen molar-refractivity contribution in [2.45, 2.75) is 33.2 Å². The van der Waals surface area contributed by atoms with Crippen LogP contribution in [0.15, 0.2) is 17.5 Å². The van der Waals surface area contributed by atoms with E-state index in [0.717, 1.165) is 29.6 Å². The van der Waals surface area contributed by atoms with Crippen molar-refractivity contribution in [2.75, 3.05) is 17.7 Å². The Kier molecular flexibility index (Phi) is 4.37. The summed E-state index contributed by atoms with van der Waals surface area (Å²) in [7, 11) is 1.89. The lowest BCUT2D eigenvalue weighted by molar-refractivity contribution is 0.773. The largest absolute Gasteiger partial charge is 0.373 e. The van der Waals surface area contributed by atoms with Gasteiger partial charge in [0, 0.05) is 23.4 Å². The van der Waals surface area contributed by atoms with Crippen molar-refractivity contribution in [3.8, 4) is 0 Å². The van der Waals surface area contributed by atoms with Gasteiger partial charge in [-0.05, 0) is 18.4 Å². The first-order valence-electron chi connectivity index (χ1n) is 6.44. The van der Waals surface area contributed by atoms with E-state index in [1.54, 1.807) is 11.3 Å². The van der Waals surface area contributed by atoms with Gasteiger partial charge in [-0.25, -0.2) is 9.97 Å². The predicted molar refractivity (Wildman–Crippen MR) is 82.1 cm³/mol. The van der Waals surface area contributed by atoms with Gasteiger partial charge >= 0.3 is 0 Å². The zero-order chi connectivity index (χ0) is 13.8. The minimum Gasteiger partial charge on any atom is -0.373 e. The Hall–Kier alpha value is -1.62. The van der Waals surface area contributed by atoms with E-state index in [1.807, 2.05) is 14.0 Å². The molecule has 2 heterocycles. The van der Waals surface area contributed by atoms with Crippen LogP contribution in [0.4, 0.5) is 11.6 Å². The highest BCUT2D eigenvalue weighted by atomic mass is 32.1. The third-order valence-corrected chi connectivity index (χ3v) is 3.80. The summed E-state index contributed by atoms with van der Waals surface area (Å²) in [6, 6.07) is 4.18. The molecule has 0 amide bonds. The van der Waals surface area contributed by atoms with E-state index < -0.39 is 0 Å². The normalized spacial score (nSPS) is 10.8. The van der Waals surface area contributed by atoms with Gasteiger partial charge in [-0.15, -0.1) is 11.3 Å². The molecular weight excluding hydrogens is 256 g/mol. The first-order valence-corrected chi connectivity index (χ1v) is 7.32. The summed E-state index contributed by atoms with van der Waals surface area (Å²) in [4.78, 5) is 10.5. The van der Waals surface area contributed by atoms with Crippen LogP contribution < -0.4 is 10.6 Å². The van der Waals surface area contributed by atoms with E-state index in [9.17, 15) is 0 Å². The first kappa shape index (κ1) is 13.8. The quantitative estimate of drug-likeness (QED) is 0.875. The maximum Gasteiger partial charge on any atom is 0.135 e. The monoisotopic (exact) mass is 276 g/mol. The average molecular weight is 276 g/mol. The molecule has 0 aliphatic heterocycles. The minimum absolute atomic E-state index is 0.315. The van der Waals surface area contributed by atoms with Crippen LogP contribution in [-0.2, 0) is 6.54 Å². The maximum atomic E-state index is 4.62. The Bertz CT molecular complexity index is 535. The summed E-state index contributed by atoms with van der Waals surface area (Å²) < 4.78 is 0. The van der Waals surface area contributed by atoms with Gasteiger partial charge < -0.3 is 10.6 Å². The van der Waals surface area contributed by atoms with Crippen LogP contribution >= 0.6 is 11.3 Å². The molecule has 102 valence electrons. The number of thiophene rings is 1. The van der Waals surface area contributed by atoms with Crippen LogP contribution in [0.25, 0.3) is 0 Å². The lowest BCUT2D eigenvalue weighted by Crippen LogP contribution is -2.10. The first-order chi connectivity index (χ1) is 9.11. The Labute approximate surface area is 118 Å². The van der Waals surface area contributed by atoms with Crippen molar-refractivity contribution in [3.63, 3.8) is 0 Å². The standard InChI is InChI=1S/C14H20N4S/c1-9(2)12-17-13(15-4)10(3)14(18-12)16-8-11-6-5-7-19-11/h5-7,9H,8H2,1-4H3,(H2,15,16,17,18). The van der Waals surface area contributed by atoms with Gasteiger partial charge in [0.25, 0.3) is 0 Å². The van der Waals surface area contributed by atoms with E-state index in [2.05, 4.69) is 52.0 Å². The van der Waals surface area contributed by atoms with Crippen molar-refractivity contribution in [2.24, 2.45) is 0 Å². The molecule has 0 bridgehead atoms. The van der Waals surface area contributed by atoms with E-state index in [1.165, 1.54) is 4.88 Å². The fraction of sp³-hybridized carbons (Fsp3) is 0.429. The van der Waals surface area contributed by atoms with E-state index in [0.29, 0.717) is 5.92 Å². The van der Waals surface area contributed by atoms with Gasteiger partial charge in [-0.2, -0.15) is 0 Å². The van der Waals surface area contributed by atoms with E-state index in [4.69, 9.17) is 0 Å². The molecule has 0 saturated heterocycles. The van der Waals surface area contributed by atoms with Gasteiger partial charge in [0.1, 0.15) is 17.5 Å². The van der Waals surface area contributed by atoms with Gasteiger partial charge in [-0.3, -0.25) is 0 Å². The summed E-state index contributed by atoms with van der Waals surface area (Å²) in [5.74, 6) is 2.99. The van der Waals surface area contributed by atoms with Crippen molar-refractivity contribution in [3.05, 3.63) is 33.8 Å². The molecule has 0 fully saturated rings. The molecule has 0 aliphatic carbocycles. The molecule has 19 heavy (non-hydrogen) atoms. The van der Waals surface area contributed by atoms with Crippen LogP contribution in [0.2, 0.25) is 0 Å². The molecule has 0 unspecified atom stereocenters. The molecule has 4 nitrogen and oxygen atoms in total. The highest BCUT2D eigenvalue weighted by Gasteiger charge is 2.12. The van der Waals surface area contributed by atoms with Crippen LogP contribution in [0.1, 0.15) is 36.0 Å². The third kappa shape index (κ3) is 3.23. The average Bonchev–Trinajstić information content (AvgIpc) is 2.90. The summed E-state index contributed by atoms with van der Waals surface area (Å²) in [5.41, 5.74) is 1.06. The lowest BCUT2D eigenvalue weighted by Gasteiger charge is -2.14. The Balaban J connectivity index is 2.24. The SMILES string of the molecule is CNc1nc(C(C)C)nc(NCc2cccs2)c1C. The highest BCUT2D eigenvalue weighted by Crippen LogP contribution is 2.23. The van der Waals surface area contributed by atoms with Crippen LogP contribution in [0.3, 0.4) is 0 Å². The zero-order valence-electron chi connectivity index (χ0n) is 11.8. The molecule has 0 saturated carbocycles. The Morgan fingerprint density at radius 2 is 2.00 bits per heavy atom. The number of nitrogens with zero attached hydrogens (tertiary/aromatic N) is 2. The molecule has 2 rings (SSSR count). The second-order valence-corrected chi connectivity index (χ2v) is 5.77. The molecule has 2 N–H and O–H groups in total. The Morgan fingerprint density at radius 1 is 1.26 bits per heavy atom. The van der Waals surface area contributed by atoms with Crippen molar-refractivity contribution in [1.82, 2.24) is 9.97 Å². The maximum absolute atomic E-state index is 4.62. The second-order valence-electron chi connectivity index (χ2n) is 4.74. The molecule has 0 aromatic carbocycles. The number of rotatable bonds is 5. The number of hydrogen-bond donors (Lipinski definition) is 2. The molecule has 2 aromatic rings. The number of anilines is 2. The second kappa shape index (κ2) is 6.02. The topological polar surface area (TPSA) is 49.8 Å². The minimum atomic E-state index is 0.315. The Morgan fingerprint density at radius 3 is 2.58 bits per heavy atom. The third-order valence-electron chi connectivity index (χ3n) is 2.93. The predicted octanol–water partition coefficient (Wildman–Crippen LogP) is 3.62. The molecule has 2 aromatic heterocycles. The zero-order valence-corrected chi connectivity index (χ0v) is 12.6. The summed E-state index contributed by atoms with van der Waals surface area (Å²) in [6.07, 6.45) is 0. The molecule has 0 spiro atoms.